The number of piperidine rings is 1. The van der Waals surface area contributed by atoms with Crippen molar-refractivity contribution in [1.29, 1.82) is 0 Å². The Balaban J connectivity index is 2.78. The lowest BCUT2D eigenvalue weighted by molar-refractivity contribution is -0.129. The molecular weight excluding hydrogens is 179 g/mol. The smallest absolute Gasteiger partial charge is 0.302 e. The highest BCUT2D eigenvalue weighted by Gasteiger charge is 2.33. The van der Waals surface area contributed by atoms with Crippen LogP contribution in [0, 0.1) is 0 Å². The fourth-order valence-corrected chi connectivity index (χ4v) is 2.11. The number of nitrogens with zero attached hydrogens (tertiary/aromatic N) is 1. The fraction of sp³-hybridized carbons (Fsp3) is 0.800. The molecule has 1 heterocycles. The highest BCUT2D eigenvalue weighted by molar-refractivity contribution is 7.57. The third-order valence-corrected chi connectivity index (χ3v) is 2.99. The Hall–Kier alpha value is -0.420. The van der Waals surface area contributed by atoms with Gasteiger partial charge in [-0.2, -0.15) is 0 Å². The van der Waals surface area contributed by atoms with Gasteiger partial charge < -0.3 is 5.73 Å². The predicted octanol–water partition coefficient (Wildman–Crippen LogP) is -1.04. The molecule has 1 fully saturated rings. The van der Waals surface area contributed by atoms with E-state index in [0.717, 1.165) is 4.67 Å². The summed E-state index contributed by atoms with van der Waals surface area (Å²) in [5.74, 6) is -0.408. The third-order valence-electron chi connectivity index (χ3n) is 1.83. The van der Waals surface area contributed by atoms with Crippen LogP contribution in [0.1, 0.15) is 12.8 Å². The first-order valence-corrected chi connectivity index (χ1v) is 5.47. The average molecular weight is 192 g/mol. The number of carbonyl (C=O) groups is 1. The van der Waals surface area contributed by atoms with Crippen LogP contribution in [0.4, 0.5) is 0 Å². The van der Waals surface area contributed by atoms with Gasteiger partial charge in [0.05, 0.1) is 6.04 Å². The summed E-state index contributed by atoms with van der Waals surface area (Å²) in [4.78, 5) is 11.2. The lowest BCUT2D eigenvalue weighted by Gasteiger charge is -2.32. The first kappa shape index (κ1) is 9.67. The molecule has 6 nitrogen and oxygen atoms in total. The highest BCUT2D eigenvalue weighted by Crippen LogP contribution is 2.34. The van der Waals surface area contributed by atoms with Gasteiger partial charge in [0.1, 0.15) is 0 Å². The Morgan fingerprint density at radius 2 is 2.08 bits per heavy atom. The zero-order chi connectivity index (χ0) is 9.35. The summed E-state index contributed by atoms with van der Waals surface area (Å²) in [5.41, 5.74) is 15.7. The molecule has 1 rings (SSSR count). The number of hydrogen-bond acceptors (Lipinski definition) is 3. The van der Waals surface area contributed by atoms with Crippen molar-refractivity contribution in [2.24, 2.45) is 16.7 Å². The lowest BCUT2D eigenvalue weighted by Crippen LogP contribution is -2.48. The second kappa shape index (κ2) is 3.14. The number of carbonyl (C=O) groups excluding carboxylic acids is 1. The fourth-order valence-electron chi connectivity index (χ4n) is 1.20. The van der Waals surface area contributed by atoms with Crippen LogP contribution in [0.5, 0.6) is 0 Å². The molecule has 0 aliphatic carbocycles. The van der Waals surface area contributed by atoms with Gasteiger partial charge in [-0.3, -0.25) is 25.0 Å². The second-order valence-corrected chi connectivity index (χ2v) is 4.71. The van der Waals surface area contributed by atoms with E-state index < -0.39 is 19.5 Å². The molecule has 12 heavy (non-hydrogen) atoms. The molecule has 0 aromatic heterocycles. The van der Waals surface area contributed by atoms with Gasteiger partial charge in [0.15, 0.2) is 0 Å². The monoisotopic (exact) mass is 192 g/mol. The molecule has 0 spiro atoms. The van der Waals surface area contributed by atoms with Crippen LogP contribution in [0.3, 0.4) is 0 Å². The summed E-state index contributed by atoms with van der Waals surface area (Å²) in [6.07, 6.45) is 1.31. The van der Waals surface area contributed by atoms with Gasteiger partial charge in [0.2, 0.25) is 5.91 Å². The first-order valence-electron chi connectivity index (χ1n) is 3.67. The minimum absolute atomic E-state index is 0.344. The molecule has 7 heteroatoms. The number of amides is 1. The van der Waals surface area contributed by atoms with E-state index >= 15 is 0 Å². The quantitative estimate of drug-likeness (QED) is 0.459. The van der Waals surface area contributed by atoms with Crippen molar-refractivity contribution < 1.29 is 9.36 Å². The minimum atomic E-state index is -3.43. The van der Waals surface area contributed by atoms with E-state index in [9.17, 15) is 9.36 Å². The maximum atomic E-state index is 11.2. The van der Waals surface area contributed by atoms with E-state index in [-0.39, 0.29) is 0 Å². The molecule has 0 radical (unpaired) electrons. The number of hydrogen-bond donors (Lipinski definition) is 3. The topological polar surface area (TPSA) is 115 Å². The summed E-state index contributed by atoms with van der Waals surface area (Å²) in [6.45, 7) is 0.344. The molecule has 0 bridgehead atoms. The molecule has 1 amide bonds. The molecule has 0 saturated carbocycles. The molecule has 0 aromatic carbocycles. The summed E-state index contributed by atoms with van der Waals surface area (Å²) >= 11 is 0. The van der Waals surface area contributed by atoms with Crippen LogP contribution in [0.25, 0.3) is 0 Å². The number of nitrogens with two attached hydrogens (primary N) is 3. The van der Waals surface area contributed by atoms with Gasteiger partial charge in [-0.1, -0.05) is 0 Å². The Morgan fingerprint density at radius 3 is 2.50 bits per heavy atom. The lowest BCUT2D eigenvalue weighted by atomic mass is 10.1. The standard InChI is InChI=1S/C5H13N4O2P/c6-4-2-1-3-9(5(4)10)12(7,8)11/h4H,1-3,6H2,(H4,7,8,11)/t4-/m1/s1. The highest BCUT2D eigenvalue weighted by atomic mass is 31.2. The van der Waals surface area contributed by atoms with Gasteiger partial charge in [-0.15, -0.1) is 0 Å². The van der Waals surface area contributed by atoms with E-state index in [1.54, 1.807) is 0 Å². The van der Waals surface area contributed by atoms with Crippen molar-refractivity contribution in [1.82, 2.24) is 4.67 Å². The van der Waals surface area contributed by atoms with Crippen LogP contribution < -0.4 is 16.7 Å². The maximum absolute atomic E-state index is 11.2. The molecule has 6 N–H and O–H groups in total. The maximum Gasteiger partial charge on any atom is 0.302 e. The van der Waals surface area contributed by atoms with Gasteiger partial charge >= 0.3 is 7.59 Å². The minimum Gasteiger partial charge on any atom is -0.320 e. The van der Waals surface area contributed by atoms with Gasteiger partial charge in [0.25, 0.3) is 0 Å². The predicted molar refractivity (Wildman–Crippen MR) is 44.9 cm³/mol. The molecule has 1 atom stereocenters. The zero-order valence-corrected chi connectivity index (χ0v) is 7.54. The van der Waals surface area contributed by atoms with E-state index in [4.69, 9.17) is 16.7 Å². The van der Waals surface area contributed by atoms with Crippen molar-refractivity contribution in [2.75, 3.05) is 6.54 Å². The molecular formula is C5H13N4O2P. The zero-order valence-electron chi connectivity index (χ0n) is 6.64. The molecule has 1 saturated heterocycles. The molecule has 0 unspecified atom stereocenters. The van der Waals surface area contributed by atoms with Gasteiger partial charge in [0, 0.05) is 6.54 Å². The van der Waals surface area contributed by atoms with Gasteiger partial charge in [-0.05, 0) is 12.8 Å². The van der Waals surface area contributed by atoms with Crippen molar-refractivity contribution in [2.45, 2.75) is 18.9 Å². The normalized spacial score (nSPS) is 26.1. The van der Waals surface area contributed by atoms with Crippen LogP contribution in [-0.2, 0) is 9.36 Å². The largest absolute Gasteiger partial charge is 0.320 e. The van der Waals surface area contributed by atoms with Crippen molar-refractivity contribution in [3.63, 3.8) is 0 Å². The van der Waals surface area contributed by atoms with Gasteiger partial charge in [-0.25, -0.2) is 0 Å². The molecule has 0 aromatic rings. The van der Waals surface area contributed by atoms with Crippen LogP contribution in [0.15, 0.2) is 0 Å². The van der Waals surface area contributed by atoms with E-state index in [2.05, 4.69) is 0 Å². The first-order chi connectivity index (χ1) is 5.43. The average Bonchev–Trinajstić information content (AvgIpc) is 1.92. The Kier molecular flexibility index (Phi) is 2.53. The van der Waals surface area contributed by atoms with Crippen molar-refractivity contribution >= 4 is 13.5 Å². The van der Waals surface area contributed by atoms with E-state index in [0.29, 0.717) is 19.4 Å². The molecule has 1 aliphatic rings. The molecule has 70 valence electrons. The van der Waals surface area contributed by atoms with Crippen LogP contribution in [0.2, 0.25) is 0 Å². The summed E-state index contributed by atoms with van der Waals surface area (Å²) in [7, 11) is -3.43. The Labute approximate surface area is 70.6 Å². The SMILES string of the molecule is N[C@@H]1CCCN(P(N)(N)=O)C1=O. The van der Waals surface area contributed by atoms with E-state index in [1.807, 2.05) is 0 Å². The summed E-state index contributed by atoms with van der Waals surface area (Å²) in [6, 6.07) is -0.598. The third kappa shape index (κ3) is 1.84. The van der Waals surface area contributed by atoms with Crippen molar-refractivity contribution in [3.05, 3.63) is 0 Å². The molecule has 1 aliphatic heterocycles. The Morgan fingerprint density at radius 1 is 1.50 bits per heavy atom. The van der Waals surface area contributed by atoms with E-state index in [1.165, 1.54) is 0 Å². The summed E-state index contributed by atoms with van der Waals surface area (Å²) < 4.78 is 12.1. The van der Waals surface area contributed by atoms with Crippen LogP contribution in [-0.4, -0.2) is 23.2 Å². The van der Waals surface area contributed by atoms with Crippen LogP contribution >= 0.6 is 7.59 Å². The van der Waals surface area contributed by atoms with Crippen molar-refractivity contribution in [3.8, 4) is 0 Å². The summed E-state index contributed by atoms with van der Waals surface area (Å²) in [5, 5.41) is 0. The number of rotatable bonds is 1. The second-order valence-electron chi connectivity index (χ2n) is 2.88. The Bertz CT molecular complexity index is 238.